The summed E-state index contributed by atoms with van der Waals surface area (Å²) in [6.45, 7) is 2.35. The second-order valence-corrected chi connectivity index (χ2v) is 5.57. The summed E-state index contributed by atoms with van der Waals surface area (Å²) >= 11 is 5.83. The lowest BCUT2D eigenvalue weighted by Gasteiger charge is -2.04. The van der Waals surface area contributed by atoms with Gasteiger partial charge in [0, 0.05) is 23.6 Å². The molecule has 3 rings (SSSR count). The van der Waals surface area contributed by atoms with Gasteiger partial charge in [-0.2, -0.15) is 0 Å². The number of fused-ring (bicyclic) bond motifs is 1. The first kappa shape index (κ1) is 15.6. The first-order valence-electron chi connectivity index (χ1n) is 7.26. The number of H-pyrrole nitrogens is 1. The second-order valence-electron chi connectivity index (χ2n) is 5.16. The predicted octanol–water partition coefficient (Wildman–Crippen LogP) is 3.48. The fourth-order valence-corrected chi connectivity index (χ4v) is 2.65. The molecule has 1 aromatic carbocycles. The Kier molecular flexibility index (Phi) is 4.34. The average Bonchev–Trinajstić information content (AvgIpc) is 3.15. The summed E-state index contributed by atoms with van der Waals surface area (Å²) in [6, 6.07) is 2.96. The zero-order chi connectivity index (χ0) is 16.4. The molecule has 0 unspecified atom stereocenters. The van der Waals surface area contributed by atoms with E-state index in [2.05, 4.69) is 15.5 Å². The summed E-state index contributed by atoms with van der Waals surface area (Å²) in [5.41, 5.74) is 2.73. The molecule has 0 fully saturated rings. The van der Waals surface area contributed by atoms with Crippen molar-refractivity contribution in [2.45, 2.75) is 19.8 Å². The van der Waals surface area contributed by atoms with Gasteiger partial charge in [-0.05, 0) is 30.5 Å². The summed E-state index contributed by atoms with van der Waals surface area (Å²) in [5, 5.41) is 7.55. The quantitative estimate of drug-likeness (QED) is 0.749. The molecule has 0 saturated heterocycles. The molecule has 2 heterocycles. The fourth-order valence-electron chi connectivity index (χ4n) is 2.49. The van der Waals surface area contributed by atoms with E-state index in [0.29, 0.717) is 36.2 Å². The Balaban J connectivity index is 1.67. The molecule has 120 valence electrons. The van der Waals surface area contributed by atoms with Crippen LogP contribution in [0.5, 0.6) is 0 Å². The van der Waals surface area contributed by atoms with Gasteiger partial charge in [0.2, 0.25) is 0 Å². The fraction of sp³-hybridized carbons (Fsp3) is 0.250. The topological polar surface area (TPSA) is 70.9 Å². The second kappa shape index (κ2) is 6.42. The van der Waals surface area contributed by atoms with Crippen LogP contribution in [0.15, 0.2) is 29.1 Å². The van der Waals surface area contributed by atoms with Crippen LogP contribution in [0.3, 0.4) is 0 Å². The first-order chi connectivity index (χ1) is 11.1. The third kappa shape index (κ3) is 3.07. The average molecular weight is 336 g/mol. The van der Waals surface area contributed by atoms with Crippen molar-refractivity contribution in [3.63, 3.8) is 0 Å². The van der Waals surface area contributed by atoms with Crippen LogP contribution < -0.4 is 5.32 Å². The van der Waals surface area contributed by atoms with E-state index >= 15 is 0 Å². The molecule has 23 heavy (non-hydrogen) atoms. The van der Waals surface area contributed by atoms with Gasteiger partial charge in [0.05, 0.1) is 10.7 Å². The number of benzene rings is 1. The lowest BCUT2D eigenvalue weighted by Crippen LogP contribution is -2.26. The molecule has 0 bridgehead atoms. The summed E-state index contributed by atoms with van der Waals surface area (Å²) in [5.74, 6) is -0.674. The smallest absolute Gasteiger partial charge is 0.256 e. The Hall–Kier alpha value is -2.34. The van der Waals surface area contributed by atoms with Crippen molar-refractivity contribution in [1.82, 2.24) is 15.5 Å². The van der Waals surface area contributed by atoms with Gasteiger partial charge in [-0.1, -0.05) is 23.7 Å². The molecule has 0 atom stereocenters. The highest BCUT2D eigenvalue weighted by molar-refractivity contribution is 6.31. The van der Waals surface area contributed by atoms with E-state index < -0.39 is 5.82 Å². The number of amides is 1. The summed E-state index contributed by atoms with van der Waals surface area (Å²) in [7, 11) is 0. The van der Waals surface area contributed by atoms with Crippen LogP contribution in [0.2, 0.25) is 5.02 Å². The van der Waals surface area contributed by atoms with Crippen LogP contribution in [0.25, 0.3) is 10.9 Å². The molecular formula is C16H15ClFN3O2. The van der Waals surface area contributed by atoms with Crippen LogP contribution >= 0.6 is 11.6 Å². The molecule has 2 aromatic heterocycles. The maximum Gasteiger partial charge on any atom is 0.256 e. The van der Waals surface area contributed by atoms with Crippen molar-refractivity contribution in [2.24, 2.45) is 0 Å². The van der Waals surface area contributed by atoms with Gasteiger partial charge in [0.1, 0.15) is 17.6 Å². The van der Waals surface area contributed by atoms with E-state index in [-0.39, 0.29) is 10.9 Å². The number of halogens is 2. The molecule has 0 saturated carbocycles. The Morgan fingerprint density at radius 2 is 2.30 bits per heavy atom. The van der Waals surface area contributed by atoms with E-state index in [1.807, 2.05) is 6.92 Å². The highest BCUT2D eigenvalue weighted by Gasteiger charge is 2.14. The van der Waals surface area contributed by atoms with Crippen LogP contribution in [0, 0.1) is 5.82 Å². The number of aromatic amines is 1. The number of carbonyl (C=O) groups is 1. The standard InChI is InChI=1S/C16H15ClFN3O2/c1-2-14-11(8-23-21-14)16(22)19-4-3-9-7-20-15-6-13(18)12(17)5-10(9)15/h5-8,20H,2-4H2,1H3,(H,19,22). The number of aryl methyl sites for hydroxylation is 1. The highest BCUT2D eigenvalue weighted by Crippen LogP contribution is 2.25. The Bertz CT molecular complexity index is 856. The minimum Gasteiger partial charge on any atom is -0.364 e. The van der Waals surface area contributed by atoms with Gasteiger partial charge in [-0.25, -0.2) is 4.39 Å². The van der Waals surface area contributed by atoms with E-state index in [4.69, 9.17) is 16.1 Å². The number of hydrogen-bond donors (Lipinski definition) is 2. The van der Waals surface area contributed by atoms with Crippen molar-refractivity contribution in [3.8, 4) is 0 Å². The monoisotopic (exact) mass is 335 g/mol. The van der Waals surface area contributed by atoms with Gasteiger partial charge < -0.3 is 14.8 Å². The number of nitrogens with one attached hydrogen (secondary N) is 2. The van der Waals surface area contributed by atoms with Gasteiger partial charge in [-0.3, -0.25) is 4.79 Å². The Labute approximate surface area is 136 Å². The number of carbonyl (C=O) groups excluding carboxylic acids is 1. The molecule has 0 aliphatic carbocycles. The third-order valence-electron chi connectivity index (χ3n) is 3.71. The molecular weight excluding hydrogens is 321 g/mol. The van der Waals surface area contributed by atoms with Crippen LogP contribution in [0.4, 0.5) is 4.39 Å². The lowest BCUT2D eigenvalue weighted by molar-refractivity contribution is 0.0952. The third-order valence-corrected chi connectivity index (χ3v) is 4.00. The van der Waals surface area contributed by atoms with Crippen molar-refractivity contribution in [3.05, 3.63) is 52.3 Å². The zero-order valence-electron chi connectivity index (χ0n) is 12.5. The highest BCUT2D eigenvalue weighted by atomic mass is 35.5. The lowest BCUT2D eigenvalue weighted by atomic mass is 10.1. The predicted molar refractivity (Wildman–Crippen MR) is 85.2 cm³/mol. The van der Waals surface area contributed by atoms with Crippen LogP contribution in [-0.2, 0) is 12.8 Å². The largest absolute Gasteiger partial charge is 0.364 e. The number of rotatable bonds is 5. The molecule has 1 amide bonds. The summed E-state index contributed by atoms with van der Waals surface area (Å²) in [4.78, 5) is 15.1. The number of nitrogens with zero attached hydrogens (tertiary/aromatic N) is 1. The van der Waals surface area contributed by atoms with Gasteiger partial charge in [0.15, 0.2) is 0 Å². The number of hydrogen-bond acceptors (Lipinski definition) is 3. The summed E-state index contributed by atoms with van der Waals surface area (Å²) in [6.07, 6.45) is 4.37. The Morgan fingerprint density at radius 1 is 1.48 bits per heavy atom. The van der Waals surface area contributed by atoms with Crippen LogP contribution in [-0.4, -0.2) is 22.6 Å². The molecule has 0 radical (unpaired) electrons. The first-order valence-corrected chi connectivity index (χ1v) is 7.64. The molecule has 0 aliphatic rings. The van der Waals surface area contributed by atoms with Gasteiger partial charge >= 0.3 is 0 Å². The Morgan fingerprint density at radius 3 is 3.09 bits per heavy atom. The van der Waals surface area contributed by atoms with Gasteiger partial charge in [-0.15, -0.1) is 0 Å². The van der Waals surface area contributed by atoms with Crippen molar-refractivity contribution in [1.29, 1.82) is 0 Å². The van der Waals surface area contributed by atoms with Crippen molar-refractivity contribution >= 4 is 28.4 Å². The molecule has 3 aromatic rings. The van der Waals surface area contributed by atoms with E-state index in [1.54, 1.807) is 12.3 Å². The van der Waals surface area contributed by atoms with E-state index in [1.165, 1.54) is 12.3 Å². The summed E-state index contributed by atoms with van der Waals surface area (Å²) < 4.78 is 18.2. The normalized spacial score (nSPS) is 11.1. The minimum absolute atomic E-state index is 0.0828. The molecule has 5 nitrogen and oxygen atoms in total. The molecule has 0 aliphatic heterocycles. The van der Waals surface area contributed by atoms with E-state index in [0.717, 1.165) is 10.9 Å². The van der Waals surface area contributed by atoms with Gasteiger partial charge in [0.25, 0.3) is 5.91 Å². The maximum atomic E-state index is 13.4. The molecule has 7 heteroatoms. The molecule has 2 N–H and O–H groups in total. The number of aromatic nitrogens is 2. The molecule has 0 spiro atoms. The van der Waals surface area contributed by atoms with Crippen molar-refractivity contribution < 1.29 is 13.7 Å². The SMILES string of the molecule is CCc1nocc1C(=O)NCCc1c[nH]c2cc(F)c(Cl)cc12. The van der Waals surface area contributed by atoms with Crippen molar-refractivity contribution in [2.75, 3.05) is 6.54 Å². The zero-order valence-corrected chi connectivity index (χ0v) is 13.2. The minimum atomic E-state index is -0.458. The maximum absolute atomic E-state index is 13.4. The van der Waals surface area contributed by atoms with Crippen LogP contribution in [0.1, 0.15) is 28.5 Å². The van der Waals surface area contributed by atoms with E-state index in [9.17, 15) is 9.18 Å².